The molecular weight excluding hydrogens is 230 g/mol. The van der Waals surface area contributed by atoms with E-state index in [-0.39, 0.29) is 0 Å². The number of nitrogens with one attached hydrogen (secondary N) is 1. The first-order valence-corrected chi connectivity index (χ1v) is 6.36. The van der Waals surface area contributed by atoms with Crippen LogP contribution in [-0.4, -0.2) is 40.1 Å². The van der Waals surface area contributed by atoms with Gasteiger partial charge in [-0.3, -0.25) is 0 Å². The Morgan fingerprint density at radius 3 is 2.50 bits per heavy atom. The molecule has 0 bridgehead atoms. The van der Waals surface area contributed by atoms with Crippen LogP contribution in [0.5, 0.6) is 5.75 Å². The largest absolute Gasteiger partial charge is 0.491 e. The van der Waals surface area contributed by atoms with Gasteiger partial charge in [0.05, 0.1) is 13.2 Å². The highest BCUT2D eigenvalue weighted by Gasteiger charge is 1.96. The first-order chi connectivity index (χ1) is 8.86. The number of hydrogen-bond donors (Lipinski definition) is 1. The summed E-state index contributed by atoms with van der Waals surface area (Å²) < 4.78 is 15.7. The lowest BCUT2D eigenvalue weighted by Gasteiger charge is -2.08. The first kappa shape index (κ1) is 15.0. The van der Waals surface area contributed by atoms with Crippen LogP contribution in [0, 0.1) is 0 Å². The molecule has 1 rings (SSSR count). The number of ether oxygens (including phenoxy) is 3. The molecule has 0 aromatic heterocycles. The summed E-state index contributed by atoms with van der Waals surface area (Å²) in [5, 5.41) is 3.30. The van der Waals surface area contributed by atoms with Gasteiger partial charge in [0, 0.05) is 26.8 Å². The minimum Gasteiger partial charge on any atom is -0.491 e. The molecule has 0 atom stereocenters. The molecule has 0 aliphatic carbocycles. The number of methoxy groups -OCH3 is 1. The smallest absolute Gasteiger partial charge is 0.119 e. The highest BCUT2D eigenvalue weighted by molar-refractivity contribution is 5.27. The quantitative estimate of drug-likeness (QED) is 0.646. The van der Waals surface area contributed by atoms with Crippen molar-refractivity contribution in [3.63, 3.8) is 0 Å². The van der Waals surface area contributed by atoms with E-state index in [1.807, 2.05) is 19.1 Å². The van der Waals surface area contributed by atoms with Crippen LogP contribution in [0.2, 0.25) is 0 Å². The van der Waals surface area contributed by atoms with E-state index in [4.69, 9.17) is 14.2 Å². The Labute approximate surface area is 109 Å². The highest BCUT2D eigenvalue weighted by atomic mass is 16.5. The third-order valence-electron chi connectivity index (χ3n) is 2.44. The first-order valence-electron chi connectivity index (χ1n) is 6.36. The molecule has 0 fully saturated rings. The summed E-state index contributed by atoms with van der Waals surface area (Å²) in [6.07, 6.45) is 0. The van der Waals surface area contributed by atoms with Crippen LogP contribution in [0.25, 0.3) is 0 Å². The molecule has 18 heavy (non-hydrogen) atoms. The third-order valence-corrected chi connectivity index (χ3v) is 2.44. The lowest BCUT2D eigenvalue weighted by atomic mass is 10.2. The van der Waals surface area contributed by atoms with Crippen molar-refractivity contribution < 1.29 is 14.2 Å². The van der Waals surface area contributed by atoms with Crippen molar-refractivity contribution >= 4 is 0 Å². The van der Waals surface area contributed by atoms with E-state index < -0.39 is 0 Å². The standard InChI is InChI=1S/C14H23NO3/c1-3-17-10-11-18-14-6-4-13(5-7-14)12-15-8-9-16-2/h4-7,15H,3,8-12H2,1-2H3. The van der Waals surface area contributed by atoms with Crippen LogP contribution < -0.4 is 10.1 Å². The summed E-state index contributed by atoms with van der Waals surface area (Å²) >= 11 is 0. The van der Waals surface area contributed by atoms with Gasteiger partial charge in [-0.25, -0.2) is 0 Å². The normalized spacial score (nSPS) is 10.6. The Hall–Kier alpha value is -1.10. The zero-order valence-electron chi connectivity index (χ0n) is 11.3. The van der Waals surface area contributed by atoms with Crippen molar-refractivity contribution in [2.24, 2.45) is 0 Å². The molecule has 0 spiro atoms. The van der Waals surface area contributed by atoms with Crippen molar-refractivity contribution in [2.45, 2.75) is 13.5 Å². The van der Waals surface area contributed by atoms with Crippen molar-refractivity contribution in [1.29, 1.82) is 0 Å². The van der Waals surface area contributed by atoms with Gasteiger partial charge in [-0.15, -0.1) is 0 Å². The Kier molecular flexibility index (Phi) is 8.21. The zero-order chi connectivity index (χ0) is 13.1. The van der Waals surface area contributed by atoms with Gasteiger partial charge in [-0.1, -0.05) is 12.1 Å². The fraction of sp³-hybridized carbons (Fsp3) is 0.571. The van der Waals surface area contributed by atoms with E-state index >= 15 is 0 Å². The van der Waals surface area contributed by atoms with E-state index in [0.717, 1.165) is 32.1 Å². The van der Waals surface area contributed by atoms with Gasteiger partial charge in [-0.05, 0) is 24.6 Å². The minimum absolute atomic E-state index is 0.597. The maximum absolute atomic E-state index is 5.54. The van der Waals surface area contributed by atoms with E-state index in [1.54, 1.807) is 7.11 Å². The molecular formula is C14H23NO3. The molecule has 1 N–H and O–H groups in total. The predicted molar refractivity (Wildman–Crippen MR) is 72.0 cm³/mol. The molecule has 0 amide bonds. The summed E-state index contributed by atoms with van der Waals surface area (Å²) in [4.78, 5) is 0. The summed E-state index contributed by atoms with van der Waals surface area (Å²) in [6, 6.07) is 8.10. The van der Waals surface area contributed by atoms with Gasteiger partial charge in [-0.2, -0.15) is 0 Å². The van der Waals surface area contributed by atoms with Crippen molar-refractivity contribution in [2.75, 3.05) is 40.1 Å². The molecule has 0 unspecified atom stereocenters. The van der Waals surface area contributed by atoms with E-state index in [2.05, 4.69) is 17.4 Å². The SMILES string of the molecule is CCOCCOc1ccc(CNCCOC)cc1. The summed E-state index contributed by atoms with van der Waals surface area (Å²) in [6.45, 7) is 6.39. The summed E-state index contributed by atoms with van der Waals surface area (Å²) in [7, 11) is 1.70. The van der Waals surface area contributed by atoms with Gasteiger partial charge in [0.2, 0.25) is 0 Å². The monoisotopic (exact) mass is 253 g/mol. The molecule has 4 heteroatoms. The Morgan fingerprint density at radius 2 is 1.83 bits per heavy atom. The third kappa shape index (κ3) is 6.59. The van der Waals surface area contributed by atoms with Crippen LogP contribution >= 0.6 is 0 Å². The molecule has 0 radical (unpaired) electrons. The second-order valence-electron chi connectivity index (χ2n) is 3.86. The molecule has 0 aliphatic rings. The average molecular weight is 253 g/mol. The van der Waals surface area contributed by atoms with Crippen LogP contribution in [0.4, 0.5) is 0 Å². The molecule has 0 heterocycles. The topological polar surface area (TPSA) is 39.7 Å². The van der Waals surface area contributed by atoms with Crippen LogP contribution in [0.15, 0.2) is 24.3 Å². The van der Waals surface area contributed by atoms with Gasteiger partial charge < -0.3 is 19.5 Å². The van der Waals surface area contributed by atoms with Crippen LogP contribution in [0.3, 0.4) is 0 Å². The molecule has 0 aliphatic heterocycles. The average Bonchev–Trinajstić information content (AvgIpc) is 2.41. The Balaban J connectivity index is 2.20. The fourth-order valence-corrected chi connectivity index (χ4v) is 1.47. The second kappa shape index (κ2) is 9.88. The molecule has 1 aromatic carbocycles. The van der Waals surface area contributed by atoms with Crippen LogP contribution in [-0.2, 0) is 16.0 Å². The van der Waals surface area contributed by atoms with Gasteiger partial charge in [0.1, 0.15) is 12.4 Å². The van der Waals surface area contributed by atoms with Crippen molar-refractivity contribution in [1.82, 2.24) is 5.32 Å². The highest BCUT2D eigenvalue weighted by Crippen LogP contribution is 2.11. The lowest BCUT2D eigenvalue weighted by molar-refractivity contribution is 0.110. The summed E-state index contributed by atoms with van der Waals surface area (Å²) in [5.74, 6) is 0.885. The molecule has 1 aromatic rings. The lowest BCUT2D eigenvalue weighted by Crippen LogP contribution is -2.18. The minimum atomic E-state index is 0.597. The van der Waals surface area contributed by atoms with E-state index in [1.165, 1.54) is 5.56 Å². The number of benzene rings is 1. The zero-order valence-corrected chi connectivity index (χ0v) is 11.3. The van der Waals surface area contributed by atoms with E-state index in [9.17, 15) is 0 Å². The van der Waals surface area contributed by atoms with Crippen LogP contribution in [0.1, 0.15) is 12.5 Å². The fourth-order valence-electron chi connectivity index (χ4n) is 1.47. The number of hydrogen-bond acceptors (Lipinski definition) is 4. The second-order valence-corrected chi connectivity index (χ2v) is 3.86. The summed E-state index contributed by atoms with van der Waals surface area (Å²) in [5.41, 5.74) is 1.24. The molecule has 4 nitrogen and oxygen atoms in total. The molecule has 102 valence electrons. The Morgan fingerprint density at radius 1 is 1.06 bits per heavy atom. The predicted octanol–water partition coefficient (Wildman–Crippen LogP) is 1.84. The number of rotatable bonds is 10. The van der Waals surface area contributed by atoms with Gasteiger partial charge >= 0.3 is 0 Å². The molecule has 0 saturated heterocycles. The van der Waals surface area contributed by atoms with Crippen molar-refractivity contribution in [3.05, 3.63) is 29.8 Å². The van der Waals surface area contributed by atoms with E-state index in [0.29, 0.717) is 13.2 Å². The van der Waals surface area contributed by atoms with Gasteiger partial charge in [0.25, 0.3) is 0 Å². The van der Waals surface area contributed by atoms with Crippen molar-refractivity contribution in [3.8, 4) is 5.75 Å². The van der Waals surface area contributed by atoms with Gasteiger partial charge in [0.15, 0.2) is 0 Å². The molecule has 0 saturated carbocycles. The maximum atomic E-state index is 5.54. The maximum Gasteiger partial charge on any atom is 0.119 e. The Bertz CT molecular complexity index is 269.